The Morgan fingerprint density at radius 3 is 2.59 bits per heavy atom. The van der Waals surface area contributed by atoms with Gasteiger partial charge >= 0.3 is 0 Å². The molecule has 1 aliphatic heterocycles. The Labute approximate surface area is 205 Å². The van der Waals surface area contributed by atoms with E-state index in [-0.39, 0.29) is 5.60 Å². The number of thiophene rings is 1. The number of hydrogen-bond donors (Lipinski definition) is 1. The summed E-state index contributed by atoms with van der Waals surface area (Å²) in [4.78, 5) is 11.3. The molecule has 0 unspecified atom stereocenters. The predicted octanol–water partition coefficient (Wildman–Crippen LogP) is 7.58. The van der Waals surface area contributed by atoms with E-state index < -0.39 is 0 Å². The topological polar surface area (TPSA) is 55.2 Å². The van der Waals surface area contributed by atoms with Crippen molar-refractivity contribution in [2.45, 2.75) is 97.0 Å². The van der Waals surface area contributed by atoms with Crippen molar-refractivity contribution in [3.8, 4) is 11.3 Å². The molecule has 6 heteroatoms. The normalized spacial score (nSPS) is 23.6. The average molecular weight is 477 g/mol. The summed E-state index contributed by atoms with van der Waals surface area (Å²) < 4.78 is 8.23. The highest BCUT2D eigenvalue weighted by atomic mass is 32.1. The minimum atomic E-state index is 0.187. The Balaban J connectivity index is 1.41. The minimum Gasteiger partial charge on any atom is -0.375 e. The Bertz CT molecular complexity index is 1360. The lowest BCUT2D eigenvalue weighted by Gasteiger charge is -2.42. The van der Waals surface area contributed by atoms with Crippen molar-refractivity contribution < 1.29 is 4.74 Å². The van der Waals surface area contributed by atoms with E-state index >= 15 is 0 Å². The van der Waals surface area contributed by atoms with E-state index in [1.165, 1.54) is 88.7 Å². The van der Waals surface area contributed by atoms with Crippen LogP contribution < -0.4 is 0 Å². The molecule has 1 aliphatic carbocycles. The third-order valence-electron chi connectivity index (χ3n) is 8.64. The second-order valence-corrected chi connectivity index (χ2v) is 12.0. The highest BCUT2D eigenvalue weighted by molar-refractivity contribution is 7.19. The van der Waals surface area contributed by atoms with Crippen LogP contribution >= 0.6 is 11.3 Å². The van der Waals surface area contributed by atoms with Gasteiger partial charge in [-0.05, 0) is 99.8 Å². The second kappa shape index (κ2) is 8.20. The Hall–Kier alpha value is -2.18. The first kappa shape index (κ1) is 22.3. The summed E-state index contributed by atoms with van der Waals surface area (Å²) >= 11 is 2.00. The molecule has 4 aromatic heterocycles. The molecule has 1 spiro atoms. The fourth-order valence-corrected chi connectivity index (χ4v) is 7.99. The van der Waals surface area contributed by atoms with E-state index in [1.54, 1.807) is 11.2 Å². The summed E-state index contributed by atoms with van der Waals surface area (Å²) in [7, 11) is 0. The molecule has 0 aromatic carbocycles. The summed E-state index contributed by atoms with van der Waals surface area (Å²) in [6.45, 7) is 12.3. The van der Waals surface area contributed by atoms with Crippen LogP contribution in [0.3, 0.4) is 0 Å². The van der Waals surface area contributed by atoms with Gasteiger partial charge < -0.3 is 9.72 Å². The van der Waals surface area contributed by atoms with Gasteiger partial charge in [0.15, 0.2) is 5.65 Å². The lowest BCUT2D eigenvalue weighted by atomic mass is 9.74. The zero-order chi connectivity index (χ0) is 23.6. The van der Waals surface area contributed by atoms with Crippen LogP contribution in [0.15, 0.2) is 12.5 Å². The molecule has 1 saturated carbocycles. The zero-order valence-corrected chi connectivity index (χ0v) is 21.9. The molecule has 0 atom stereocenters. The van der Waals surface area contributed by atoms with Crippen LogP contribution in [0.5, 0.6) is 0 Å². The number of H-pyrrole nitrogens is 1. The smallest absolute Gasteiger partial charge is 0.158 e. The first-order valence-corrected chi connectivity index (χ1v) is 13.8. The molecule has 1 N–H and O–H groups in total. The largest absolute Gasteiger partial charge is 0.375 e. The molecule has 2 fully saturated rings. The lowest BCUT2D eigenvalue weighted by Crippen LogP contribution is -2.39. The number of nitrogens with zero attached hydrogens (tertiary/aromatic N) is 3. The quantitative estimate of drug-likeness (QED) is 0.331. The molecule has 6 rings (SSSR count). The molecular formula is C28H36N4OS. The van der Waals surface area contributed by atoms with Crippen molar-refractivity contribution in [1.29, 1.82) is 0 Å². The van der Waals surface area contributed by atoms with Crippen LogP contribution in [0, 0.1) is 20.8 Å². The third-order valence-corrected chi connectivity index (χ3v) is 10.0. The van der Waals surface area contributed by atoms with E-state index in [0.717, 1.165) is 12.3 Å². The summed E-state index contributed by atoms with van der Waals surface area (Å²) in [6.07, 6.45) is 12.6. The predicted molar refractivity (Wildman–Crippen MR) is 140 cm³/mol. The number of aromatic amines is 1. The van der Waals surface area contributed by atoms with Crippen molar-refractivity contribution in [3.05, 3.63) is 39.7 Å². The van der Waals surface area contributed by atoms with Gasteiger partial charge in [0.25, 0.3) is 0 Å². The molecule has 1 saturated heterocycles. The van der Waals surface area contributed by atoms with E-state index in [0.29, 0.717) is 11.8 Å². The summed E-state index contributed by atoms with van der Waals surface area (Å²) in [6, 6.07) is 0. The maximum Gasteiger partial charge on any atom is 0.158 e. The zero-order valence-electron chi connectivity index (χ0n) is 21.1. The van der Waals surface area contributed by atoms with Gasteiger partial charge in [0.2, 0.25) is 0 Å². The number of aryl methyl sites for hydroxylation is 2. The second-order valence-electron chi connectivity index (χ2n) is 10.9. The van der Waals surface area contributed by atoms with Gasteiger partial charge in [-0.25, -0.2) is 9.50 Å². The molecule has 0 radical (unpaired) electrons. The third kappa shape index (κ3) is 3.36. The number of aromatic nitrogens is 4. The number of pyridine rings is 1. The minimum absolute atomic E-state index is 0.187. The van der Waals surface area contributed by atoms with Crippen LogP contribution in [0.2, 0.25) is 0 Å². The van der Waals surface area contributed by atoms with Gasteiger partial charge in [-0.1, -0.05) is 13.8 Å². The van der Waals surface area contributed by atoms with Crippen LogP contribution in [0.25, 0.3) is 27.1 Å². The van der Waals surface area contributed by atoms with Gasteiger partial charge in [0.1, 0.15) is 11.2 Å². The van der Waals surface area contributed by atoms with Gasteiger partial charge in [0.05, 0.1) is 11.3 Å². The van der Waals surface area contributed by atoms with Crippen molar-refractivity contribution in [3.63, 3.8) is 0 Å². The first-order chi connectivity index (χ1) is 16.4. The van der Waals surface area contributed by atoms with E-state index in [9.17, 15) is 0 Å². The molecule has 180 valence electrons. The monoisotopic (exact) mass is 476 g/mol. The fourth-order valence-electron chi connectivity index (χ4n) is 6.59. The molecule has 4 aromatic rings. The average Bonchev–Trinajstić information content (AvgIpc) is 3.52. The van der Waals surface area contributed by atoms with Crippen molar-refractivity contribution in [1.82, 2.24) is 19.6 Å². The van der Waals surface area contributed by atoms with Crippen molar-refractivity contribution in [2.75, 3.05) is 6.61 Å². The van der Waals surface area contributed by atoms with E-state index in [4.69, 9.17) is 4.74 Å². The summed E-state index contributed by atoms with van der Waals surface area (Å²) in [5.41, 5.74) is 9.02. The first-order valence-electron chi connectivity index (χ1n) is 13.0. The number of fused-ring (bicyclic) bond motifs is 2. The van der Waals surface area contributed by atoms with Crippen LogP contribution in [-0.4, -0.2) is 31.8 Å². The Morgan fingerprint density at radius 1 is 1.09 bits per heavy atom. The summed E-state index contributed by atoms with van der Waals surface area (Å²) in [5.74, 6) is 1.10. The molecule has 0 amide bonds. The van der Waals surface area contributed by atoms with Crippen molar-refractivity contribution >= 4 is 27.2 Å². The standard InChI is InChI=1S/C28H36N4OS/c1-16(2)22-23-19(5)25(20-8-11-28(12-9-20)10-6-7-13-33-28)34-27(23)31-24(22)21-14-32-26(29-15-30-32)18(4)17(21)3/h14-16,20,31H,6-13H2,1-5H3/t20-,28+. The number of nitrogens with one attached hydrogen (secondary N) is 1. The maximum absolute atomic E-state index is 6.31. The fraction of sp³-hybridized carbons (Fsp3) is 0.571. The van der Waals surface area contributed by atoms with Gasteiger partial charge in [-0.2, -0.15) is 5.10 Å². The maximum atomic E-state index is 6.31. The van der Waals surface area contributed by atoms with E-state index in [1.807, 2.05) is 15.9 Å². The van der Waals surface area contributed by atoms with Crippen LogP contribution in [-0.2, 0) is 4.74 Å². The van der Waals surface area contributed by atoms with Crippen LogP contribution in [0.4, 0.5) is 0 Å². The number of rotatable bonds is 3. The molecule has 5 nitrogen and oxygen atoms in total. The van der Waals surface area contributed by atoms with Crippen LogP contribution in [0.1, 0.15) is 97.8 Å². The lowest BCUT2D eigenvalue weighted by molar-refractivity contribution is -0.102. The highest BCUT2D eigenvalue weighted by Crippen LogP contribution is 2.50. The molecule has 0 bridgehead atoms. The number of hydrogen-bond acceptors (Lipinski definition) is 4. The number of ether oxygens (including phenoxy) is 1. The SMILES string of the molecule is Cc1c(-c2[nH]c3sc([C@H]4CC[C@]5(CCCCO5)CC4)c(C)c3c2C(C)C)cn2ncnc2c1C. The molecule has 34 heavy (non-hydrogen) atoms. The molecule has 5 heterocycles. The molecular weight excluding hydrogens is 440 g/mol. The van der Waals surface area contributed by atoms with E-state index in [2.05, 4.69) is 55.9 Å². The van der Waals surface area contributed by atoms with Gasteiger partial charge in [-0.15, -0.1) is 11.3 Å². The Morgan fingerprint density at radius 2 is 1.88 bits per heavy atom. The van der Waals surface area contributed by atoms with Gasteiger partial charge in [0, 0.05) is 28.6 Å². The Kier molecular flexibility index (Phi) is 5.38. The molecule has 2 aliphatic rings. The highest BCUT2D eigenvalue weighted by Gasteiger charge is 2.39. The summed E-state index contributed by atoms with van der Waals surface area (Å²) in [5, 5.41) is 5.89. The van der Waals surface area contributed by atoms with Gasteiger partial charge in [-0.3, -0.25) is 0 Å². The van der Waals surface area contributed by atoms with Crippen molar-refractivity contribution in [2.24, 2.45) is 0 Å².